The van der Waals surface area contributed by atoms with E-state index in [1.165, 1.54) is 12.1 Å². The summed E-state index contributed by atoms with van der Waals surface area (Å²) in [5.41, 5.74) is 1.57. The van der Waals surface area contributed by atoms with Gasteiger partial charge in [0.2, 0.25) is 5.91 Å². The topological polar surface area (TPSA) is 76.1 Å². The van der Waals surface area contributed by atoms with E-state index in [1.807, 2.05) is 30.3 Å². The molecule has 0 saturated carbocycles. The second-order valence-corrected chi connectivity index (χ2v) is 7.74. The third kappa shape index (κ3) is 6.07. The van der Waals surface area contributed by atoms with Crippen LogP contribution in [-0.4, -0.2) is 28.5 Å². The molecule has 1 aromatic heterocycles. The average Bonchev–Trinajstić information content (AvgIpc) is 3.37. The standard InChI is InChI=1S/C24H23F3N4O2/c25-24(26,27)18-10-8-17(9-11-18)21-13-19(14-29-22(32)20-7-4-12-28-20)30-23(31-21)33-15-16-5-2-1-3-6-16/h1-3,5-6,8-11,13,20,28H,4,7,12,14-15H2,(H,29,32)/t20-/m0/s1. The van der Waals surface area contributed by atoms with Gasteiger partial charge in [-0.3, -0.25) is 4.79 Å². The minimum absolute atomic E-state index is 0.0829. The van der Waals surface area contributed by atoms with Crippen molar-refractivity contribution in [2.45, 2.75) is 38.2 Å². The van der Waals surface area contributed by atoms with Crippen LogP contribution in [0.5, 0.6) is 6.01 Å². The third-order valence-corrected chi connectivity index (χ3v) is 5.30. The molecule has 2 N–H and O–H groups in total. The van der Waals surface area contributed by atoms with E-state index in [0.29, 0.717) is 17.0 Å². The summed E-state index contributed by atoms with van der Waals surface area (Å²) in [4.78, 5) is 21.1. The van der Waals surface area contributed by atoms with E-state index in [-0.39, 0.29) is 31.1 Å². The van der Waals surface area contributed by atoms with Crippen molar-refractivity contribution in [1.29, 1.82) is 0 Å². The van der Waals surface area contributed by atoms with Crippen molar-refractivity contribution in [3.8, 4) is 17.3 Å². The fourth-order valence-electron chi connectivity index (χ4n) is 3.54. The number of benzene rings is 2. The van der Waals surface area contributed by atoms with Gasteiger partial charge in [0.25, 0.3) is 0 Å². The molecule has 1 amide bonds. The lowest BCUT2D eigenvalue weighted by Crippen LogP contribution is -2.40. The molecule has 1 aliphatic heterocycles. The molecule has 0 radical (unpaired) electrons. The summed E-state index contributed by atoms with van der Waals surface area (Å²) < 4.78 is 44.5. The zero-order valence-corrected chi connectivity index (χ0v) is 17.7. The van der Waals surface area contributed by atoms with Crippen LogP contribution in [0.1, 0.15) is 29.7 Å². The van der Waals surface area contributed by atoms with Crippen molar-refractivity contribution >= 4 is 5.91 Å². The summed E-state index contributed by atoms with van der Waals surface area (Å²) in [5, 5.41) is 5.99. The summed E-state index contributed by atoms with van der Waals surface area (Å²) >= 11 is 0. The van der Waals surface area contributed by atoms with Gasteiger partial charge in [-0.2, -0.15) is 23.1 Å². The lowest BCUT2D eigenvalue weighted by atomic mass is 10.1. The van der Waals surface area contributed by atoms with E-state index in [9.17, 15) is 18.0 Å². The van der Waals surface area contributed by atoms with Gasteiger partial charge >= 0.3 is 12.2 Å². The minimum atomic E-state index is -4.42. The maximum atomic E-state index is 12.9. The van der Waals surface area contributed by atoms with E-state index < -0.39 is 11.7 Å². The molecule has 0 unspecified atom stereocenters. The lowest BCUT2D eigenvalue weighted by molar-refractivity contribution is -0.137. The second kappa shape index (κ2) is 9.99. The predicted octanol–water partition coefficient (Wildman–Crippen LogP) is 4.11. The zero-order chi connectivity index (χ0) is 23.3. The first-order chi connectivity index (χ1) is 15.9. The van der Waals surface area contributed by atoms with Gasteiger partial charge in [-0.05, 0) is 43.1 Å². The van der Waals surface area contributed by atoms with Crippen LogP contribution >= 0.6 is 0 Å². The third-order valence-electron chi connectivity index (χ3n) is 5.30. The van der Waals surface area contributed by atoms with Crippen molar-refractivity contribution in [2.24, 2.45) is 0 Å². The Labute approximate surface area is 189 Å². The van der Waals surface area contributed by atoms with Crippen molar-refractivity contribution < 1.29 is 22.7 Å². The van der Waals surface area contributed by atoms with Crippen molar-refractivity contribution in [1.82, 2.24) is 20.6 Å². The van der Waals surface area contributed by atoms with Gasteiger partial charge in [-0.1, -0.05) is 42.5 Å². The Kier molecular flexibility index (Phi) is 6.88. The number of carbonyl (C=O) groups is 1. The Morgan fingerprint density at radius 2 is 1.85 bits per heavy atom. The summed E-state index contributed by atoms with van der Waals surface area (Å²) in [6.07, 6.45) is -2.70. The normalized spacial score (nSPS) is 15.9. The van der Waals surface area contributed by atoms with Crippen LogP contribution in [-0.2, 0) is 24.1 Å². The first-order valence-corrected chi connectivity index (χ1v) is 10.6. The van der Waals surface area contributed by atoms with Crippen LogP contribution in [0.15, 0.2) is 60.7 Å². The van der Waals surface area contributed by atoms with Crippen molar-refractivity contribution in [2.75, 3.05) is 6.54 Å². The Hall–Kier alpha value is -3.46. The molecule has 1 fully saturated rings. The molecule has 0 aliphatic carbocycles. The monoisotopic (exact) mass is 456 g/mol. The van der Waals surface area contributed by atoms with E-state index in [2.05, 4.69) is 20.6 Å². The second-order valence-electron chi connectivity index (χ2n) is 7.74. The van der Waals surface area contributed by atoms with Gasteiger partial charge in [0.1, 0.15) is 6.61 Å². The smallest absolute Gasteiger partial charge is 0.416 e. The molecule has 9 heteroatoms. The molecule has 4 rings (SSSR count). The maximum Gasteiger partial charge on any atom is 0.416 e. The summed E-state index contributed by atoms with van der Waals surface area (Å²) in [6, 6.07) is 15.7. The zero-order valence-electron chi connectivity index (χ0n) is 17.7. The van der Waals surface area contributed by atoms with E-state index in [4.69, 9.17) is 4.74 Å². The van der Waals surface area contributed by atoms with Crippen LogP contribution in [0.2, 0.25) is 0 Å². The molecule has 1 saturated heterocycles. The van der Waals surface area contributed by atoms with E-state index >= 15 is 0 Å². The van der Waals surface area contributed by atoms with Gasteiger partial charge in [0, 0.05) is 5.56 Å². The average molecular weight is 456 g/mol. The van der Waals surface area contributed by atoms with Crippen LogP contribution < -0.4 is 15.4 Å². The Morgan fingerprint density at radius 3 is 2.52 bits per heavy atom. The van der Waals surface area contributed by atoms with E-state index in [1.54, 1.807) is 6.07 Å². The molecule has 33 heavy (non-hydrogen) atoms. The van der Waals surface area contributed by atoms with Crippen LogP contribution in [0.25, 0.3) is 11.3 Å². The highest BCUT2D eigenvalue weighted by Gasteiger charge is 2.30. The van der Waals surface area contributed by atoms with E-state index in [0.717, 1.165) is 37.1 Å². The molecule has 6 nitrogen and oxygen atoms in total. The number of ether oxygens (including phenoxy) is 1. The number of aromatic nitrogens is 2. The van der Waals surface area contributed by atoms with Crippen molar-refractivity contribution in [3.05, 3.63) is 77.5 Å². The van der Waals surface area contributed by atoms with Gasteiger partial charge in [0.15, 0.2) is 0 Å². The maximum absolute atomic E-state index is 12.9. The fourth-order valence-corrected chi connectivity index (χ4v) is 3.54. The van der Waals surface area contributed by atoms with Crippen LogP contribution in [0, 0.1) is 0 Å². The van der Waals surface area contributed by atoms with Crippen LogP contribution in [0.4, 0.5) is 13.2 Å². The molecule has 172 valence electrons. The van der Waals surface area contributed by atoms with Gasteiger partial charge in [-0.15, -0.1) is 0 Å². The molecule has 1 aliphatic rings. The molecule has 0 bridgehead atoms. The Bertz CT molecular complexity index is 1080. The number of hydrogen-bond donors (Lipinski definition) is 2. The van der Waals surface area contributed by atoms with Gasteiger partial charge < -0.3 is 15.4 Å². The number of amides is 1. The van der Waals surface area contributed by atoms with Gasteiger partial charge in [-0.25, -0.2) is 0 Å². The number of nitrogens with one attached hydrogen (secondary N) is 2. The van der Waals surface area contributed by atoms with Gasteiger partial charge in [0.05, 0.1) is 29.5 Å². The molecule has 2 aromatic carbocycles. The molecule has 2 heterocycles. The van der Waals surface area contributed by atoms with Crippen molar-refractivity contribution in [3.63, 3.8) is 0 Å². The van der Waals surface area contributed by atoms with Crippen LogP contribution in [0.3, 0.4) is 0 Å². The quantitative estimate of drug-likeness (QED) is 0.560. The predicted molar refractivity (Wildman–Crippen MR) is 116 cm³/mol. The molecular weight excluding hydrogens is 433 g/mol. The highest BCUT2D eigenvalue weighted by Crippen LogP contribution is 2.31. The Morgan fingerprint density at radius 1 is 1.09 bits per heavy atom. The summed E-state index contributed by atoms with van der Waals surface area (Å²) in [6.45, 7) is 1.19. The highest BCUT2D eigenvalue weighted by atomic mass is 19.4. The number of nitrogens with zero attached hydrogens (tertiary/aromatic N) is 2. The number of alkyl halides is 3. The molecule has 1 atom stereocenters. The number of carbonyl (C=O) groups excluding carboxylic acids is 1. The number of halogens is 3. The molecule has 0 spiro atoms. The first kappa shape index (κ1) is 22.7. The first-order valence-electron chi connectivity index (χ1n) is 10.6. The highest BCUT2D eigenvalue weighted by molar-refractivity contribution is 5.82. The number of hydrogen-bond acceptors (Lipinski definition) is 5. The largest absolute Gasteiger partial charge is 0.459 e. The Balaban J connectivity index is 1.55. The minimum Gasteiger partial charge on any atom is -0.459 e. The number of rotatable bonds is 7. The SMILES string of the molecule is O=C(NCc1cc(-c2ccc(C(F)(F)F)cc2)nc(OCc2ccccc2)n1)[C@@H]1CCCN1. The fraction of sp³-hybridized carbons (Fsp3) is 0.292. The molecule has 3 aromatic rings. The molecular formula is C24H23F3N4O2. The lowest BCUT2D eigenvalue weighted by Gasteiger charge is -2.13. The summed E-state index contributed by atoms with van der Waals surface area (Å²) in [7, 11) is 0. The summed E-state index contributed by atoms with van der Waals surface area (Å²) in [5.74, 6) is -0.117.